The van der Waals surface area contributed by atoms with Crippen molar-refractivity contribution in [1.29, 1.82) is 0 Å². The van der Waals surface area contributed by atoms with E-state index in [2.05, 4.69) is 65.5 Å². The summed E-state index contributed by atoms with van der Waals surface area (Å²) in [7, 11) is 0. The molecule has 0 saturated carbocycles. The predicted molar refractivity (Wildman–Crippen MR) is 150 cm³/mol. The van der Waals surface area contributed by atoms with E-state index >= 15 is 0 Å². The molecular formula is C27H16Br2INO3. The molecule has 5 rings (SSSR count). The first-order valence-electron chi connectivity index (χ1n) is 10.3. The molecule has 0 fully saturated rings. The minimum Gasteiger partial charge on any atom is -0.487 e. The number of benzene rings is 4. The average molecular weight is 689 g/mol. The summed E-state index contributed by atoms with van der Waals surface area (Å²) < 4.78 is 14.2. The molecule has 0 bridgehead atoms. The van der Waals surface area contributed by atoms with Crippen molar-refractivity contribution in [2.45, 2.75) is 6.61 Å². The Bertz CT molecular complexity index is 1470. The highest BCUT2D eigenvalue weighted by Gasteiger charge is 2.24. The van der Waals surface area contributed by atoms with Gasteiger partial charge in [-0.05, 0) is 119 Å². The lowest BCUT2D eigenvalue weighted by atomic mass is 10.1. The van der Waals surface area contributed by atoms with Crippen LogP contribution in [0, 0.1) is 3.57 Å². The Morgan fingerprint density at radius 2 is 1.68 bits per heavy atom. The lowest BCUT2D eigenvalue weighted by molar-refractivity contribution is -0.129. The van der Waals surface area contributed by atoms with Crippen LogP contribution in [-0.2, 0) is 16.1 Å². The number of ether oxygens (including phenoxy) is 2. The number of cyclic esters (lactones) is 1. The van der Waals surface area contributed by atoms with Crippen LogP contribution in [0.3, 0.4) is 0 Å². The quantitative estimate of drug-likeness (QED) is 0.122. The second kappa shape index (κ2) is 10.0. The molecule has 168 valence electrons. The number of esters is 1. The van der Waals surface area contributed by atoms with Gasteiger partial charge < -0.3 is 9.47 Å². The molecule has 0 atom stereocenters. The molecule has 0 radical (unpaired) electrons. The Morgan fingerprint density at radius 1 is 0.912 bits per heavy atom. The van der Waals surface area contributed by atoms with Gasteiger partial charge in [-0.2, -0.15) is 0 Å². The number of nitrogens with zero attached hydrogens (tertiary/aromatic N) is 1. The van der Waals surface area contributed by atoms with Crippen molar-refractivity contribution in [2.75, 3.05) is 0 Å². The molecule has 0 aliphatic carbocycles. The summed E-state index contributed by atoms with van der Waals surface area (Å²) >= 11 is 9.45. The van der Waals surface area contributed by atoms with Crippen LogP contribution in [-0.4, -0.2) is 11.9 Å². The molecule has 7 heteroatoms. The molecule has 0 unspecified atom stereocenters. The number of hydrogen-bond acceptors (Lipinski definition) is 4. The van der Waals surface area contributed by atoms with E-state index in [1.54, 1.807) is 6.08 Å². The first-order valence-corrected chi connectivity index (χ1v) is 13.0. The van der Waals surface area contributed by atoms with Crippen molar-refractivity contribution < 1.29 is 14.3 Å². The van der Waals surface area contributed by atoms with Crippen LogP contribution in [0.4, 0.5) is 0 Å². The molecule has 4 aromatic carbocycles. The third-order valence-electron chi connectivity index (χ3n) is 5.21. The second-order valence-corrected chi connectivity index (χ2v) is 10.6. The van der Waals surface area contributed by atoms with Gasteiger partial charge in [0.15, 0.2) is 5.70 Å². The molecule has 0 amide bonds. The van der Waals surface area contributed by atoms with E-state index in [9.17, 15) is 4.79 Å². The zero-order valence-corrected chi connectivity index (χ0v) is 22.9. The fourth-order valence-corrected chi connectivity index (χ4v) is 5.65. The van der Waals surface area contributed by atoms with Crippen molar-refractivity contribution in [1.82, 2.24) is 0 Å². The van der Waals surface area contributed by atoms with Crippen molar-refractivity contribution in [3.05, 3.63) is 114 Å². The van der Waals surface area contributed by atoms with Crippen molar-refractivity contribution in [2.24, 2.45) is 4.99 Å². The van der Waals surface area contributed by atoms with Gasteiger partial charge in [-0.1, -0.05) is 42.5 Å². The SMILES string of the molecule is O=C1OC(c2ccc3ccccc3c2)=N/C1=C\c1cc(Br)c(OCc2cccc(I)c2)c(Br)c1. The first-order chi connectivity index (χ1) is 16.5. The number of aliphatic imine (C=N–C) groups is 1. The van der Waals surface area contributed by atoms with E-state index < -0.39 is 5.97 Å². The third kappa shape index (κ3) is 5.11. The summed E-state index contributed by atoms with van der Waals surface area (Å²) in [5, 5.41) is 2.18. The predicted octanol–water partition coefficient (Wildman–Crippen LogP) is 7.89. The number of rotatable bonds is 5. The summed E-state index contributed by atoms with van der Waals surface area (Å²) in [6.07, 6.45) is 1.70. The molecule has 34 heavy (non-hydrogen) atoms. The van der Waals surface area contributed by atoms with Crippen molar-refractivity contribution in [3.8, 4) is 5.75 Å². The molecule has 4 aromatic rings. The highest BCUT2D eigenvalue weighted by atomic mass is 127. The maximum Gasteiger partial charge on any atom is 0.363 e. The topological polar surface area (TPSA) is 47.9 Å². The maximum atomic E-state index is 12.5. The summed E-state index contributed by atoms with van der Waals surface area (Å²) in [5.74, 6) is 0.516. The molecule has 4 nitrogen and oxygen atoms in total. The fraction of sp³-hybridized carbons (Fsp3) is 0.0370. The first kappa shape index (κ1) is 23.3. The van der Waals surface area contributed by atoms with Gasteiger partial charge in [-0.3, -0.25) is 0 Å². The summed E-state index contributed by atoms with van der Waals surface area (Å²) in [6, 6.07) is 25.8. The highest BCUT2D eigenvalue weighted by molar-refractivity contribution is 14.1. The molecule has 0 saturated heterocycles. The van der Waals surface area contributed by atoms with Gasteiger partial charge in [0.2, 0.25) is 5.90 Å². The molecular weight excluding hydrogens is 673 g/mol. The van der Waals surface area contributed by atoms with Gasteiger partial charge in [0.05, 0.1) is 8.95 Å². The summed E-state index contributed by atoms with van der Waals surface area (Å²) in [5.41, 5.74) is 2.88. The zero-order valence-electron chi connectivity index (χ0n) is 17.6. The van der Waals surface area contributed by atoms with Crippen LogP contribution in [0.25, 0.3) is 16.8 Å². The molecule has 1 aliphatic heterocycles. The number of hydrogen-bond donors (Lipinski definition) is 0. The fourth-order valence-electron chi connectivity index (χ4n) is 3.60. The maximum absolute atomic E-state index is 12.5. The smallest absolute Gasteiger partial charge is 0.363 e. The van der Waals surface area contributed by atoms with Crippen molar-refractivity contribution >= 4 is 83.2 Å². The second-order valence-electron chi connectivity index (χ2n) is 7.63. The van der Waals surface area contributed by atoms with E-state index in [1.807, 2.05) is 72.8 Å². The van der Waals surface area contributed by atoms with Crippen LogP contribution in [0.5, 0.6) is 5.75 Å². The number of carbonyl (C=O) groups excluding carboxylic acids is 1. The Kier molecular flexibility index (Phi) is 6.85. The minimum atomic E-state index is -0.477. The lowest BCUT2D eigenvalue weighted by Crippen LogP contribution is -2.05. The van der Waals surface area contributed by atoms with E-state index in [0.29, 0.717) is 18.3 Å². The van der Waals surface area contributed by atoms with E-state index in [4.69, 9.17) is 9.47 Å². The molecule has 0 spiro atoms. The van der Waals surface area contributed by atoms with Gasteiger partial charge in [0.1, 0.15) is 12.4 Å². The summed E-state index contributed by atoms with van der Waals surface area (Å²) in [4.78, 5) is 16.9. The van der Waals surface area contributed by atoms with E-state index in [-0.39, 0.29) is 5.70 Å². The van der Waals surface area contributed by atoms with Gasteiger partial charge in [-0.25, -0.2) is 9.79 Å². The van der Waals surface area contributed by atoms with Crippen LogP contribution < -0.4 is 4.74 Å². The van der Waals surface area contributed by atoms with Gasteiger partial charge in [0, 0.05) is 9.13 Å². The highest BCUT2D eigenvalue weighted by Crippen LogP contribution is 2.36. The van der Waals surface area contributed by atoms with Gasteiger partial charge in [-0.15, -0.1) is 0 Å². The summed E-state index contributed by atoms with van der Waals surface area (Å²) in [6.45, 7) is 0.445. The number of carbonyl (C=O) groups is 1. The van der Waals surface area contributed by atoms with E-state index in [0.717, 1.165) is 40.0 Å². The Morgan fingerprint density at radius 3 is 2.44 bits per heavy atom. The van der Waals surface area contributed by atoms with Crippen LogP contribution in [0.1, 0.15) is 16.7 Å². The third-order valence-corrected chi connectivity index (χ3v) is 7.06. The van der Waals surface area contributed by atoms with Crippen molar-refractivity contribution in [3.63, 3.8) is 0 Å². The monoisotopic (exact) mass is 687 g/mol. The Balaban J connectivity index is 1.39. The van der Waals surface area contributed by atoms with Gasteiger partial charge >= 0.3 is 5.97 Å². The van der Waals surface area contributed by atoms with Crippen LogP contribution >= 0.6 is 54.5 Å². The largest absolute Gasteiger partial charge is 0.487 e. The van der Waals surface area contributed by atoms with E-state index in [1.165, 1.54) is 0 Å². The normalized spacial score (nSPS) is 14.4. The number of halogens is 3. The average Bonchev–Trinajstić information content (AvgIpc) is 3.18. The Hall–Kier alpha value is -2.49. The number of fused-ring (bicyclic) bond motifs is 1. The lowest BCUT2D eigenvalue weighted by Gasteiger charge is -2.12. The van der Waals surface area contributed by atoms with Gasteiger partial charge in [0.25, 0.3) is 0 Å². The molecule has 1 heterocycles. The zero-order chi connectivity index (χ0) is 23.7. The van der Waals surface area contributed by atoms with Crippen LogP contribution in [0.15, 0.2) is 98.5 Å². The standard InChI is InChI=1S/C27H16Br2INO3/c28-22-11-17(12-23(29)25(22)33-15-16-4-3-7-21(30)10-16)13-24-27(32)34-26(31-24)20-9-8-18-5-1-2-6-19(18)14-20/h1-14H,15H2/b24-13-. The Labute approximate surface area is 227 Å². The molecule has 0 aromatic heterocycles. The molecule has 1 aliphatic rings. The van der Waals surface area contributed by atoms with Crippen LogP contribution in [0.2, 0.25) is 0 Å². The minimum absolute atomic E-state index is 0.245. The molecule has 0 N–H and O–H groups in total.